The van der Waals surface area contributed by atoms with Gasteiger partial charge in [-0.25, -0.2) is 0 Å². The zero-order valence-electron chi connectivity index (χ0n) is 19.4. The number of hydrogen-bond acceptors (Lipinski definition) is 1. The third-order valence-electron chi connectivity index (χ3n) is 10.8. The first-order chi connectivity index (χ1) is 13.4. The van der Waals surface area contributed by atoms with Crippen LogP contribution in [0.2, 0.25) is 0 Å². The molecular weight excluding hydrogens is 340 g/mol. The van der Waals surface area contributed by atoms with Gasteiger partial charge in [0.05, 0.1) is 0 Å². The molecule has 162 valence electrons. The van der Waals surface area contributed by atoms with Gasteiger partial charge in [0, 0.05) is 6.61 Å². The number of rotatable bonds is 6. The molecule has 8 atom stereocenters. The highest BCUT2D eigenvalue weighted by molar-refractivity contribution is 5.10. The summed E-state index contributed by atoms with van der Waals surface area (Å²) in [5, 5.41) is 10.6. The molecule has 0 aliphatic heterocycles. The lowest BCUT2D eigenvalue weighted by atomic mass is 9.44. The maximum Gasteiger partial charge on any atom is 0.0492 e. The Kier molecular flexibility index (Phi) is 6.24. The van der Waals surface area contributed by atoms with Gasteiger partial charge in [-0.2, -0.15) is 0 Å². The third-order valence-corrected chi connectivity index (χ3v) is 10.8. The first kappa shape index (κ1) is 21.2. The van der Waals surface area contributed by atoms with E-state index in [2.05, 4.69) is 27.7 Å². The molecule has 0 saturated heterocycles. The van der Waals surface area contributed by atoms with Crippen molar-refractivity contribution in [3.05, 3.63) is 0 Å². The van der Waals surface area contributed by atoms with E-state index in [-0.39, 0.29) is 0 Å². The molecule has 4 saturated carbocycles. The van der Waals surface area contributed by atoms with Crippen LogP contribution in [0.1, 0.15) is 111 Å². The lowest BCUT2D eigenvalue weighted by Gasteiger charge is -2.61. The van der Waals surface area contributed by atoms with Crippen LogP contribution in [0.4, 0.5) is 0 Å². The summed E-state index contributed by atoms with van der Waals surface area (Å²) in [6.45, 7) is 10.5. The Bertz CT molecular complexity index is 526. The molecule has 1 heteroatoms. The fourth-order valence-corrected chi connectivity index (χ4v) is 9.40. The Morgan fingerprint density at radius 3 is 2.43 bits per heavy atom. The normalized spacial score (nSPS) is 46.7. The number of aliphatic hydroxyl groups is 1. The zero-order chi connectivity index (χ0) is 19.9. The molecule has 0 aromatic carbocycles. The fourth-order valence-electron chi connectivity index (χ4n) is 9.40. The molecular formula is C27H48O. The smallest absolute Gasteiger partial charge is 0.0492 e. The molecule has 4 aliphatic carbocycles. The van der Waals surface area contributed by atoms with Crippen molar-refractivity contribution in [3.63, 3.8) is 0 Å². The molecule has 1 unspecified atom stereocenters. The Morgan fingerprint density at radius 2 is 1.68 bits per heavy atom. The summed E-state index contributed by atoms with van der Waals surface area (Å²) in [5.41, 5.74) is 0.903. The highest BCUT2D eigenvalue weighted by atomic mass is 16.3. The summed E-state index contributed by atoms with van der Waals surface area (Å²) in [4.78, 5) is 0. The van der Waals surface area contributed by atoms with Gasteiger partial charge in [-0.3, -0.25) is 0 Å². The average Bonchev–Trinajstić information content (AvgIpc) is 3.04. The van der Waals surface area contributed by atoms with Crippen LogP contribution in [-0.4, -0.2) is 11.7 Å². The monoisotopic (exact) mass is 388 g/mol. The minimum atomic E-state index is 0.309. The van der Waals surface area contributed by atoms with E-state index in [4.69, 9.17) is 0 Å². The van der Waals surface area contributed by atoms with Gasteiger partial charge in [0.1, 0.15) is 0 Å². The minimum Gasteiger partial charge on any atom is -0.396 e. The molecule has 1 nitrogen and oxygen atoms in total. The van der Waals surface area contributed by atoms with Crippen LogP contribution in [0.15, 0.2) is 0 Å². The number of aliphatic hydroxyl groups excluding tert-OH is 1. The van der Waals surface area contributed by atoms with Crippen molar-refractivity contribution in [1.82, 2.24) is 0 Å². The second-order valence-corrected chi connectivity index (χ2v) is 12.3. The summed E-state index contributed by atoms with van der Waals surface area (Å²) in [5.74, 6) is 6.27. The largest absolute Gasteiger partial charge is 0.396 e. The van der Waals surface area contributed by atoms with E-state index < -0.39 is 0 Å². The molecule has 0 aromatic rings. The van der Waals surface area contributed by atoms with E-state index in [9.17, 15) is 5.11 Å². The van der Waals surface area contributed by atoms with Crippen LogP contribution >= 0.6 is 0 Å². The third kappa shape index (κ3) is 3.40. The highest BCUT2D eigenvalue weighted by Gasteiger charge is 2.61. The molecule has 28 heavy (non-hydrogen) atoms. The summed E-state index contributed by atoms with van der Waals surface area (Å²) in [6.07, 6.45) is 18.5. The lowest BCUT2D eigenvalue weighted by molar-refractivity contribution is -0.141. The Labute approximate surface area is 175 Å². The van der Waals surface area contributed by atoms with E-state index >= 15 is 0 Å². The maximum atomic E-state index is 10.6. The van der Waals surface area contributed by atoms with Crippen molar-refractivity contribution in [2.24, 2.45) is 52.3 Å². The van der Waals surface area contributed by atoms with Gasteiger partial charge in [-0.15, -0.1) is 0 Å². The van der Waals surface area contributed by atoms with Crippen LogP contribution in [0.25, 0.3) is 0 Å². The predicted octanol–water partition coefficient (Wildman–Crippen LogP) is 7.47. The molecule has 0 radical (unpaired) electrons. The van der Waals surface area contributed by atoms with Crippen LogP contribution in [0, 0.1) is 52.3 Å². The SMILES string of the molecule is CC(C)CCC[C@@H](C)[C@H]1CC[C@H]2[C@@H]3CCC4CCCC[C@]4(CO)[C@H]3CC[C@]12C. The summed E-state index contributed by atoms with van der Waals surface area (Å²) in [6, 6.07) is 0. The summed E-state index contributed by atoms with van der Waals surface area (Å²) < 4.78 is 0. The molecule has 0 amide bonds. The first-order valence-corrected chi connectivity index (χ1v) is 13.0. The van der Waals surface area contributed by atoms with Gasteiger partial charge in [0.2, 0.25) is 0 Å². The van der Waals surface area contributed by atoms with E-state index in [0.29, 0.717) is 17.4 Å². The van der Waals surface area contributed by atoms with Gasteiger partial charge in [-0.05, 0) is 104 Å². The summed E-state index contributed by atoms with van der Waals surface area (Å²) in [7, 11) is 0. The van der Waals surface area contributed by atoms with Crippen molar-refractivity contribution >= 4 is 0 Å². The van der Waals surface area contributed by atoms with Crippen LogP contribution < -0.4 is 0 Å². The van der Waals surface area contributed by atoms with E-state index in [0.717, 1.165) is 41.4 Å². The first-order valence-electron chi connectivity index (χ1n) is 13.0. The molecule has 0 heterocycles. The van der Waals surface area contributed by atoms with E-state index in [1.54, 1.807) is 0 Å². The molecule has 0 bridgehead atoms. The van der Waals surface area contributed by atoms with Crippen molar-refractivity contribution in [3.8, 4) is 0 Å². The minimum absolute atomic E-state index is 0.309. The summed E-state index contributed by atoms with van der Waals surface area (Å²) >= 11 is 0. The van der Waals surface area contributed by atoms with Gasteiger partial charge < -0.3 is 5.11 Å². The van der Waals surface area contributed by atoms with Crippen LogP contribution in [0.5, 0.6) is 0 Å². The number of fused-ring (bicyclic) bond motifs is 5. The Hall–Kier alpha value is -0.0400. The quantitative estimate of drug-likeness (QED) is 0.500. The number of hydrogen-bond donors (Lipinski definition) is 1. The molecule has 4 rings (SSSR count). The predicted molar refractivity (Wildman–Crippen MR) is 119 cm³/mol. The molecule has 1 N–H and O–H groups in total. The second-order valence-electron chi connectivity index (χ2n) is 12.3. The standard InChI is InChI=1S/C27H48O/c1-19(2)8-7-9-20(3)23-13-14-24-22-12-11-21-10-5-6-16-27(21,18-28)25(22)15-17-26(23,24)4/h19-25,28H,5-18H2,1-4H3/t20-,21?,22+,23-,24+,25+,26-,27-/m1/s1. The highest BCUT2D eigenvalue weighted by Crippen LogP contribution is 2.68. The van der Waals surface area contributed by atoms with Crippen molar-refractivity contribution in [2.75, 3.05) is 6.61 Å². The van der Waals surface area contributed by atoms with E-state index in [1.807, 2.05) is 0 Å². The van der Waals surface area contributed by atoms with Crippen molar-refractivity contribution in [2.45, 2.75) is 111 Å². The van der Waals surface area contributed by atoms with Crippen molar-refractivity contribution in [1.29, 1.82) is 0 Å². The van der Waals surface area contributed by atoms with E-state index in [1.165, 1.54) is 83.5 Å². The van der Waals surface area contributed by atoms with Crippen LogP contribution in [0.3, 0.4) is 0 Å². The Morgan fingerprint density at radius 1 is 0.857 bits per heavy atom. The topological polar surface area (TPSA) is 20.2 Å². The van der Waals surface area contributed by atoms with Gasteiger partial charge in [0.15, 0.2) is 0 Å². The molecule has 0 aromatic heterocycles. The fraction of sp³-hybridized carbons (Fsp3) is 1.00. The second kappa shape index (κ2) is 8.24. The molecule has 4 aliphatic rings. The molecule has 4 fully saturated rings. The van der Waals surface area contributed by atoms with Gasteiger partial charge >= 0.3 is 0 Å². The lowest BCUT2D eigenvalue weighted by Crippen LogP contribution is -2.55. The zero-order valence-corrected chi connectivity index (χ0v) is 19.4. The van der Waals surface area contributed by atoms with Crippen LogP contribution in [-0.2, 0) is 0 Å². The van der Waals surface area contributed by atoms with Crippen molar-refractivity contribution < 1.29 is 5.11 Å². The Balaban J connectivity index is 1.48. The van der Waals surface area contributed by atoms with Gasteiger partial charge in [-0.1, -0.05) is 59.8 Å². The van der Waals surface area contributed by atoms with Gasteiger partial charge in [0.25, 0.3) is 0 Å². The average molecular weight is 389 g/mol. The maximum absolute atomic E-state index is 10.6. The molecule has 0 spiro atoms.